The molecule has 1 spiro atoms. The van der Waals surface area contributed by atoms with Gasteiger partial charge in [0.05, 0.1) is 31.3 Å². The van der Waals surface area contributed by atoms with Gasteiger partial charge in [-0.3, -0.25) is 14.4 Å². The minimum absolute atomic E-state index is 0.0455. The number of fused-ring (bicyclic) bond motifs is 2. The Morgan fingerprint density at radius 1 is 1.05 bits per heavy atom. The van der Waals surface area contributed by atoms with Crippen molar-refractivity contribution in [2.45, 2.75) is 109 Å². The third-order valence-electron chi connectivity index (χ3n) is 7.45. The minimum atomic E-state index is -0.741. The van der Waals surface area contributed by atoms with Crippen LogP contribution in [0.4, 0.5) is 0 Å². The molecule has 0 amide bonds. The van der Waals surface area contributed by atoms with E-state index in [0.29, 0.717) is 63.3 Å². The number of esters is 2. The number of rotatable bonds is 2. The molecule has 0 radical (unpaired) electrons. The van der Waals surface area contributed by atoms with E-state index >= 15 is 0 Å². The zero-order valence-corrected chi connectivity index (χ0v) is 22.2. The number of carbonyl (C=O) groups excluding carboxylic acids is 3. The standard InChI is InChI=1S/C27H39NO9/c1-16-10-17(2)26(31)37-25(23-15-32-18(3)28-23)12-20(35-19(4)29)6-5-7-21-13-27(33-8-9-34-27)14-22(36-21)11-24(16)30/h15-17,20-22,25H,5-14H2,1-4H3/t16-,17-,20-,21+,22-,25-/m0/s1. The van der Waals surface area contributed by atoms with E-state index in [2.05, 4.69) is 4.98 Å². The summed E-state index contributed by atoms with van der Waals surface area (Å²) in [6.07, 6.45) is 3.68. The molecule has 0 aliphatic carbocycles. The van der Waals surface area contributed by atoms with Crippen LogP contribution in [0.1, 0.15) is 89.8 Å². The maximum Gasteiger partial charge on any atom is 0.309 e. The fourth-order valence-corrected chi connectivity index (χ4v) is 5.64. The third kappa shape index (κ3) is 7.39. The predicted molar refractivity (Wildman–Crippen MR) is 129 cm³/mol. The van der Waals surface area contributed by atoms with Gasteiger partial charge in [-0.2, -0.15) is 0 Å². The number of nitrogens with zero attached hydrogens (tertiary/aromatic N) is 1. The Kier molecular flexibility index (Phi) is 9.03. The molecule has 1 aromatic heterocycles. The van der Waals surface area contributed by atoms with Crippen molar-refractivity contribution in [3.05, 3.63) is 17.8 Å². The van der Waals surface area contributed by atoms with Gasteiger partial charge in [-0.05, 0) is 25.7 Å². The van der Waals surface area contributed by atoms with Crippen LogP contribution in [0.15, 0.2) is 10.7 Å². The first-order chi connectivity index (χ1) is 17.6. The molecule has 4 rings (SSSR count). The van der Waals surface area contributed by atoms with Gasteiger partial charge in [0.1, 0.15) is 23.8 Å². The fraction of sp³-hybridized carbons (Fsp3) is 0.778. The molecular weight excluding hydrogens is 482 g/mol. The Bertz CT molecular complexity index is 953. The van der Waals surface area contributed by atoms with Crippen LogP contribution in [0.5, 0.6) is 0 Å². The topological polar surface area (TPSA) is 123 Å². The molecule has 4 heterocycles. The Morgan fingerprint density at radius 2 is 1.78 bits per heavy atom. The van der Waals surface area contributed by atoms with Crippen molar-refractivity contribution in [2.75, 3.05) is 13.2 Å². The molecule has 1 aromatic rings. The van der Waals surface area contributed by atoms with Crippen LogP contribution in [0.25, 0.3) is 0 Å². The summed E-state index contributed by atoms with van der Waals surface area (Å²) in [7, 11) is 0. The van der Waals surface area contributed by atoms with Gasteiger partial charge >= 0.3 is 11.9 Å². The third-order valence-corrected chi connectivity index (χ3v) is 7.45. The van der Waals surface area contributed by atoms with Crippen molar-refractivity contribution in [1.29, 1.82) is 0 Å². The van der Waals surface area contributed by atoms with E-state index in [0.717, 1.165) is 0 Å². The van der Waals surface area contributed by atoms with Crippen LogP contribution in [0.2, 0.25) is 0 Å². The fourth-order valence-electron chi connectivity index (χ4n) is 5.64. The Balaban J connectivity index is 1.57. The molecule has 6 atom stereocenters. The summed E-state index contributed by atoms with van der Waals surface area (Å²) in [4.78, 5) is 42.4. The average molecular weight is 522 g/mol. The molecule has 0 N–H and O–H groups in total. The molecule has 10 nitrogen and oxygen atoms in total. The van der Waals surface area contributed by atoms with Crippen LogP contribution in [-0.2, 0) is 38.1 Å². The number of hydrogen-bond donors (Lipinski definition) is 0. The van der Waals surface area contributed by atoms with Crippen LogP contribution in [0.3, 0.4) is 0 Å². The van der Waals surface area contributed by atoms with Crippen molar-refractivity contribution in [3.63, 3.8) is 0 Å². The lowest BCUT2D eigenvalue weighted by Gasteiger charge is -2.41. The molecule has 3 aliphatic heterocycles. The van der Waals surface area contributed by atoms with Gasteiger partial charge in [0.15, 0.2) is 17.8 Å². The van der Waals surface area contributed by atoms with E-state index in [-0.39, 0.29) is 36.8 Å². The van der Waals surface area contributed by atoms with Gasteiger partial charge < -0.3 is 28.1 Å². The maximum absolute atomic E-state index is 13.1. The molecule has 3 saturated heterocycles. The van der Waals surface area contributed by atoms with E-state index < -0.39 is 35.9 Å². The molecule has 2 bridgehead atoms. The van der Waals surface area contributed by atoms with Crippen LogP contribution < -0.4 is 0 Å². The van der Waals surface area contributed by atoms with E-state index in [4.69, 9.17) is 28.1 Å². The summed E-state index contributed by atoms with van der Waals surface area (Å²) in [6.45, 7) is 7.73. The van der Waals surface area contributed by atoms with Gasteiger partial charge in [0, 0.05) is 45.4 Å². The Hall–Kier alpha value is -2.30. The molecule has 0 aromatic carbocycles. The molecule has 3 fully saturated rings. The first-order valence-electron chi connectivity index (χ1n) is 13.4. The summed E-state index contributed by atoms with van der Waals surface area (Å²) < 4.78 is 35.2. The van der Waals surface area contributed by atoms with Crippen LogP contribution in [-0.4, -0.2) is 60.0 Å². The van der Waals surface area contributed by atoms with Crippen molar-refractivity contribution in [1.82, 2.24) is 4.98 Å². The minimum Gasteiger partial charge on any atom is -0.462 e. The number of carbonyl (C=O) groups is 3. The molecule has 206 valence electrons. The highest BCUT2D eigenvalue weighted by Gasteiger charge is 2.46. The zero-order chi connectivity index (χ0) is 26.6. The Morgan fingerprint density at radius 3 is 2.46 bits per heavy atom. The smallest absolute Gasteiger partial charge is 0.309 e. The SMILES string of the molecule is CC(=O)O[C@H]1CCC[C@@H]2CC3(C[C@H](CC(=O)[C@@H](C)C[C@H](C)C(=O)O[C@H](c4coc(C)n4)C1)O2)OCCO3. The second-order valence-electron chi connectivity index (χ2n) is 10.7. The number of ketones is 1. The van der Waals surface area contributed by atoms with E-state index in [9.17, 15) is 14.4 Å². The number of oxazole rings is 1. The normalized spacial score (nSPS) is 33.7. The highest BCUT2D eigenvalue weighted by Crippen LogP contribution is 2.39. The van der Waals surface area contributed by atoms with Crippen molar-refractivity contribution < 1.29 is 42.5 Å². The number of aryl methyl sites for hydroxylation is 1. The number of Topliss-reactive ketones (excluding diaryl/α,β-unsaturated/α-hetero) is 1. The monoisotopic (exact) mass is 521 g/mol. The van der Waals surface area contributed by atoms with E-state index in [1.54, 1.807) is 13.8 Å². The molecule has 37 heavy (non-hydrogen) atoms. The quantitative estimate of drug-likeness (QED) is 0.528. The summed E-state index contributed by atoms with van der Waals surface area (Å²) in [5.74, 6) is -1.91. The number of ether oxygens (including phenoxy) is 5. The predicted octanol–water partition coefficient (Wildman–Crippen LogP) is 3.99. The first-order valence-corrected chi connectivity index (χ1v) is 13.4. The van der Waals surface area contributed by atoms with Gasteiger partial charge in [-0.1, -0.05) is 13.8 Å². The highest BCUT2D eigenvalue weighted by atomic mass is 16.7. The number of cyclic esters (lactones) is 1. The first kappa shape index (κ1) is 27.7. The average Bonchev–Trinajstić information content (AvgIpc) is 3.46. The second kappa shape index (κ2) is 12.0. The molecule has 3 aliphatic rings. The van der Waals surface area contributed by atoms with Gasteiger partial charge in [-0.25, -0.2) is 4.98 Å². The zero-order valence-electron chi connectivity index (χ0n) is 22.2. The molecular formula is C27H39NO9. The lowest BCUT2D eigenvalue weighted by Crippen LogP contribution is -2.47. The van der Waals surface area contributed by atoms with Crippen LogP contribution in [0, 0.1) is 18.8 Å². The summed E-state index contributed by atoms with van der Waals surface area (Å²) in [5.41, 5.74) is 0.469. The molecule has 10 heteroatoms. The van der Waals surface area contributed by atoms with Crippen LogP contribution >= 0.6 is 0 Å². The van der Waals surface area contributed by atoms with Gasteiger partial charge in [0.25, 0.3) is 0 Å². The van der Waals surface area contributed by atoms with Gasteiger partial charge in [0.2, 0.25) is 0 Å². The second-order valence-corrected chi connectivity index (χ2v) is 10.7. The van der Waals surface area contributed by atoms with Crippen molar-refractivity contribution >= 4 is 17.7 Å². The number of aromatic nitrogens is 1. The molecule has 0 saturated carbocycles. The summed E-state index contributed by atoms with van der Waals surface area (Å²) in [6, 6.07) is 0. The van der Waals surface area contributed by atoms with E-state index in [1.807, 2.05) is 6.92 Å². The largest absolute Gasteiger partial charge is 0.462 e. The maximum atomic E-state index is 13.1. The summed E-state index contributed by atoms with van der Waals surface area (Å²) in [5, 5.41) is 0. The lowest BCUT2D eigenvalue weighted by atomic mass is 9.87. The lowest BCUT2D eigenvalue weighted by molar-refractivity contribution is -0.242. The highest BCUT2D eigenvalue weighted by molar-refractivity contribution is 5.82. The number of hydrogen-bond acceptors (Lipinski definition) is 10. The van der Waals surface area contributed by atoms with Gasteiger partial charge in [-0.15, -0.1) is 0 Å². The van der Waals surface area contributed by atoms with Crippen molar-refractivity contribution in [2.24, 2.45) is 11.8 Å². The molecule has 0 unspecified atom stereocenters. The summed E-state index contributed by atoms with van der Waals surface area (Å²) >= 11 is 0. The van der Waals surface area contributed by atoms with Crippen molar-refractivity contribution in [3.8, 4) is 0 Å². The Labute approximate surface area is 217 Å². The van der Waals surface area contributed by atoms with E-state index in [1.165, 1.54) is 13.2 Å².